The van der Waals surface area contributed by atoms with Gasteiger partial charge in [0.05, 0.1) is 11.9 Å². The third kappa shape index (κ3) is 2.06. The molecule has 94 valence electrons. The van der Waals surface area contributed by atoms with Crippen LogP contribution in [0.25, 0.3) is 11.0 Å². The van der Waals surface area contributed by atoms with Crippen LogP contribution in [0.3, 0.4) is 0 Å². The van der Waals surface area contributed by atoms with Crippen molar-refractivity contribution in [1.29, 1.82) is 0 Å². The molecule has 0 spiro atoms. The van der Waals surface area contributed by atoms with Gasteiger partial charge in [-0.2, -0.15) is 0 Å². The van der Waals surface area contributed by atoms with Crippen molar-refractivity contribution < 1.29 is 0 Å². The average Bonchev–Trinajstić information content (AvgIpc) is 2.45. The first-order valence-corrected chi connectivity index (χ1v) is 5.87. The summed E-state index contributed by atoms with van der Waals surface area (Å²) in [7, 11) is 0. The number of hydrogen-bond acceptors (Lipinski definition) is 3. The van der Waals surface area contributed by atoms with Gasteiger partial charge in [-0.25, -0.2) is 9.78 Å². The van der Waals surface area contributed by atoms with Crippen LogP contribution >= 0.6 is 0 Å². The van der Waals surface area contributed by atoms with Gasteiger partial charge in [0, 0.05) is 6.20 Å². The molecule has 1 N–H and O–H groups in total. The lowest BCUT2D eigenvalue weighted by molar-refractivity contribution is 0.710. The Hall–Kier alpha value is -2.69. The largest absolute Gasteiger partial charge is 0.330 e. The molecule has 0 radical (unpaired) electrons. The van der Waals surface area contributed by atoms with Gasteiger partial charge >= 0.3 is 5.69 Å². The molecular weight excluding hydrogens is 242 g/mol. The van der Waals surface area contributed by atoms with E-state index in [4.69, 9.17) is 0 Å². The Kier molecular flexibility index (Phi) is 2.72. The van der Waals surface area contributed by atoms with Crippen molar-refractivity contribution in [1.82, 2.24) is 14.5 Å². The summed E-state index contributed by atoms with van der Waals surface area (Å²) in [6.45, 7) is 0.250. The summed E-state index contributed by atoms with van der Waals surface area (Å²) < 4.78 is 1.18. The summed E-state index contributed by atoms with van der Waals surface area (Å²) in [5, 5.41) is 0.415. The van der Waals surface area contributed by atoms with Crippen LogP contribution in [0, 0.1) is 0 Å². The fraction of sp³-hybridized carbons (Fsp3) is 0.0714. The zero-order valence-electron chi connectivity index (χ0n) is 10.0. The number of fused-ring (bicyclic) bond motifs is 1. The first-order chi connectivity index (χ1) is 9.25. The summed E-state index contributed by atoms with van der Waals surface area (Å²) in [6.07, 6.45) is 1.54. The maximum absolute atomic E-state index is 12.3. The van der Waals surface area contributed by atoms with E-state index in [-0.39, 0.29) is 12.1 Å². The molecule has 0 saturated heterocycles. The number of pyridine rings is 1. The van der Waals surface area contributed by atoms with E-state index in [2.05, 4.69) is 9.97 Å². The van der Waals surface area contributed by atoms with Gasteiger partial charge in [0.25, 0.3) is 5.56 Å². The first kappa shape index (κ1) is 11.4. The molecule has 0 atom stereocenters. The quantitative estimate of drug-likeness (QED) is 0.744. The van der Waals surface area contributed by atoms with Gasteiger partial charge in [-0.1, -0.05) is 30.3 Å². The summed E-state index contributed by atoms with van der Waals surface area (Å²) >= 11 is 0. The van der Waals surface area contributed by atoms with Gasteiger partial charge in [0.1, 0.15) is 5.65 Å². The molecule has 0 aliphatic rings. The summed E-state index contributed by atoms with van der Waals surface area (Å²) in [5.41, 5.74) is 0.455. The van der Waals surface area contributed by atoms with Crippen molar-refractivity contribution in [2.45, 2.75) is 6.54 Å². The van der Waals surface area contributed by atoms with E-state index in [0.29, 0.717) is 11.0 Å². The fourth-order valence-corrected chi connectivity index (χ4v) is 1.99. The van der Waals surface area contributed by atoms with Crippen molar-refractivity contribution in [3.8, 4) is 0 Å². The van der Waals surface area contributed by atoms with E-state index >= 15 is 0 Å². The van der Waals surface area contributed by atoms with Gasteiger partial charge in [0.2, 0.25) is 0 Å². The lowest BCUT2D eigenvalue weighted by Crippen LogP contribution is -2.35. The van der Waals surface area contributed by atoms with Crippen molar-refractivity contribution in [2.24, 2.45) is 0 Å². The van der Waals surface area contributed by atoms with E-state index in [1.165, 1.54) is 4.57 Å². The van der Waals surface area contributed by atoms with Crippen LogP contribution in [-0.2, 0) is 6.54 Å². The Morgan fingerprint density at radius 1 is 1.05 bits per heavy atom. The Labute approximate surface area is 108 Å². The maximum atomic E-state index is 12.3. The van der Waals surface area contributed by atoms with Crippen LogP contribution in [0.4, 0.5) is 0 Å². The second-order valence-electron chi connectivity index (χ2n) is 4.21. The second-order valence-corrected chi connectivity index (χ2v) is 4.21. The fourth-order valence-electron chi connectivity index (χ4n) is 1.99. The van der Waals surface area contributed by atoms with Crippen molar-refractivity contribution in [3.05, 3.63) is 75.1 Å². The molecule has 19 heavy (non-hydrogen) atoms. The van der Waals surface area contributed by atoms with Crippen molar-refractivity contribution in [2.75, 3.05) is 0 Å². The summed E-state index contributed by atoms with van der Waals surface area (Å²) in [6, 6.07) is 12.7. The number of nitrogens with zero attached hydrogens (tertiary/aromatic N) is 2. The van der Waals surface area contributed by atoms with E-state index in [9.17, 15) is 9.59 Å². The highest BCUT2D eigenvalue weighted by Gasteiger charge is 2.07. The number of aromatic nitrogens is 3. The minimum atomic E-state index is -0.444. The topological polar surface area (TPSA) is 67.8 Å². The van der Waals surface area contributed by atoms with E-state index in [0.717, 1.165) is 5.56 Å². The zero-order valence-corrected chi connectivity index (χ0v) is 10.0. The third-order valence-corrected chi connectivity index (χ3v) is 2.94. The van der Waals surface area contributed by atoms with Crippen LogP contribution in [0.1, 0.15) is 5.56 Å². The number of rotatable bonds is 2. The third-order valence-electron chi connectivity index (χ3n) is 2.94. The highest BCUT2D eigenvalue weighted by Crippen LogP contribution is 2.02. The van der Waals surface area contributed by atoms with E-state index in [1.807, 2.05) is 30.3 Å². The average molecular weight is 253 g/mol. The molecule has 3 aromatic rings. The van der Waals surface area contributed by atoms with Crippen LogP contribution in [0.15, 0.2) is 58.3 Å². The number of aromatic amines is 1. The predicted octanol–water partition coefficient (Wildman–Crippen LogP) is 1.13. The Morgan fingerprint density at radius 2 is 1.84 bits per heavy atom. The molecule has 5 heteroatoms. The monoisotopic (exact) mass is 253 g/mol. The second kappa shape index (κ2) is 4.53. The van der Waals surface area contributed by atoms with Crippen LogP contribution < -0.4 is 11.2 Å². The lowest BCUT2D eigenvalue weighted by Gasteiger charge is -2.05. The SMILES string of the molecule is O=c1[nH]c2ncccc2c(=O)n1Cc1ccccc1. The van der Waals surface area contributed by atoms with Crippen LogP contribution in [0.2, 0.25) is 0 Å². The molecule has 2 aromatic heterocycles. The molecule has 5 nitrogen and oxygen atoms in total. The number of nitrogens with one attached hydrogen (secondary N) is 1. The molecule has 0 aliphatic heterocycles. The molecule has 3 rings (SSSR count). The highest BCUT2D eigenvalue weighted by atomic mass is 16.2. The molecule has 0 bridgehead atoms. The van der Waals surface area contributed by atoms with Crippen LogP contribution in [0.5, 0.6) is 0 Å². The smallest absolute Gasteiger partial charge is 0.291 e. The molecule has 0 amide bonds. The maximum Gasteiger partial charge on any atom is 0.330 e. The van der Waals surface area contributed by atoms with E-state index in [1.54, 1.807) is 18.3 Å². The number of benzene rings is 1. The Balaban J connectivity index is 2.19. The van der Waals surface area contributed by atoms with Gasteiger partial charge in [-0.05, 0) is 17.7 Å². The van der Waals surface area contributed by atoms with Gasteiger partial charge < -0.3 is 0 Å². The van der Waals surface area contributed by atoms with Gasteiger partial charge in [-0.15, -0.1) is 0 Å². The zero-order chi connectivity index (χ0) is 13.2. The van der Waals surface area contributed by atoms with E-state index < -0.39 is 5.69 Å². The first-order valence-electron chi connectivity index (χ1n) is 5.87. The van der Waals surface area contributed by atoms with Gasteiger partial charge in [0.15, 0.2) is 0 Å². The molecule has 0 fully saturated rings. The summed E-state index contributed by atoms with van der Waals surface area (Å²) in [5.74, 6) is 0. The van der Waals surface area contributed by atoms with Crippen LogP contribution in [-0.4, -0.2) is 14.5 Å². The molecule has 0 aliphatic carbocycles. The molecule has 0 unspecified atom stereocenters. The Morgan fingerprint density at radius 3 is 2.63 bits per heavy atom. The van der Waals surface area contributed by atoms with Gasteiger partial charge in [-0.3, -0.25) is 14.3 Å². The normalized spacial score (nSPS) is 10.7. The minimum absolute atomic E-state index is 0.250. The predicted molar refractivity (Wildman–Crippen MR) is 72.2 cm³/mol. The minimum Gasteiger partial charge on any atom is -0.291 e. The standard InChI is InChI=1S/C14H11N3O2/c18-13-11-7-4-8-15-12(11)16-14(19)17(13)9-10-5-2-1-3-6-10/h1-8H,9H2,(H,15,16,19). The summed E-state index contributed by atoms with van der Waals surface area (Å²) in [4.78, 5) is 30.8. The highest BCUT2D eigenvalue weighted by molar-refractivity contribution is 5.72. The molecule has 1 aromatic carbocycles. The number of H-pyrrole nitrogens is 1. The van der Waals surface area contributed by atoms with Crippen molar-refractivity contribution in [3.63, 3.8) is 0 Å². The lowest BCUT2D eigenvalue weighted by atomic mass is 10.2. The Bertz CT molecular complexity index is 834. The number of hydrogen-bond donors (Lipinski definition) is 1. The van der Waals surface area contributed by atoms with Crippen molar-refractivity contribution >= 4 is 11.0 Å². The molecule has 0 saturated carbocycles. The molecular formula is C14H11N3O2. The molecule has 2 heterocycles.